The van der Waals surface area contributed by atoms with E-state index in [-0.39, 0.29) is 5.41 Å². The topological polar surface area (TPSA) is 9.23 Å². The summed E-state index contributed by atoms with van der Waals surface area (Å²) >= 11 is 0. The molecule has 0 radical (unpaired) electrons. The lowest BCUT2D eigenvalue weighted by Gasteiger charge is -2.29. The van der Waals surface area contributed by atoms with Crippen molar-refractivity contribution in [2.24, 2.45) is 5.92 Å². The van der Waals surface area contributed by atoms with Crippen LogP contribution < -0.4 is 0 Å². The van der Waals surface area contributed by atoms with Gasteiger partial charge in [-0.25, -0.2) is 0 Å². The fraction of sp³-hybridized carbons (Fsp3) is 0.333. The second-order valence-corrected chi connectivity index (χ2v) is 7.08. The number of hydrogen-bond acceptors (Lipinski definition) is 1. The van der Waals surface area contributed by atoms with E-state index in [0.29, 0.717) is 5.92 Å². The van der Waals surface area contributed by atoms with Gasteiger partial charge >= 0.3 is 0 Å². The molecule has 0 fully saturated rings. The first-order chi connectivity index (χ1) is 10.5. The summed E-state index contributed by atoms with van der Waals surface area (Å²) in [5, 5.41) is 0. The van der Waals surface area contributed by atoms with E-state index in [9.17, 15) is 0 Å². The molecule has 0 aromatic heterocycles. The summed E-state index contributed by atoms with van der Waals surface area (Å²) in [6.07, 6.45) is 3.29. The predicted octanol–water partition coefficient (Wildman–Crippen LogP) is 5.17. The van der Waals surface area contributed by atoms with Crippen molar-refractivity contribution in [1.82, 2.24) is 0 Å². The maximum absolute atomic E-state index is 5.55. The van der Waals surface area contributed by atoms with Crippen molar-refractivity contribution in [2.75, 3.05) is 7.11 Å². The zero-order valence-corrected chi connectivity index (χ0v) is 13.7. The molecular weight excluding hydrogens is 268 g/mol. The highest BCUT2D eigenvalue weighted by Gasteiger charge is 2.38. The highest BCUT2D eigenvalue weighted by Crippen LogP contribution is 2.51. The molecule has 0 saturated heterocycles. The molecule has 0 aliphatic heterocycles. The molecule has 0 saturated carbocycles. The largest absolute Gasteiger partial charge is 0.501 e. The van der Waals surface area contributed by atoms with Crippen molar-refractivity contribution in [3.63, 3.8) is 0 Å². The second-order valence-electron chi connectivity index (χ2n) is 7.08. The zero-order valence-electron chi connectivity index (χ0n) is 13.7. The van der Waals surface area contributed by atoms with Gasteiger partial charge in [0, 0.05) is 11.3 Å². The van der Waals surface area contributed by atoms with Crippen LogP contribution in [0.15, 0.2) is 42.2 Å². The van der Waals surface area contributed by atoms with Crippen LogP contribution in [0.4, 0.5) is 0 Å². The Bertz CT molecular complexity index is 796. The first-order valence-electron chi connectivity index (χ1n) is 8.06. The van der Waals surface area contributed by atoms with E-state index >= 15 is 0 Å². The van der Waals surface area contributed by atoms with Crippen molar-refractivity contribution in [2.45, 2.75) is 32.6 Å². The molecule has 0 N–H and O–H groups in total. The molecule has 1 heteroatoms. The first kappa shape index (κ1) is 13.6. The summed E-state index contributed by atoms with van der Waals surface area (Å²) in [6.45, 7) is 6.98. The Morgan fingerprint density at radius 1 is 1.05 bits per heavy atom. The molecule has 4 rings (SSSR count). The van der Waals surface area contributed by atoms with Crippen molar-refractivity contribution in [3.05, 3.63) is 64.4 Å². The summed E-state index contributed by atoms with van der Waals surface area (Å²) in [5.74, 6) is 1.55. The van der Waals surface area contributed by atoms with Gasteiger partial charge in [0.15, 0.2) is 0 Å². The molecule has 22 heavy (non-hydrogen) atoms. The number of ether oxygens (including phenoxy) is 1. The molecule has 0 spiro atoms. The molecule has 1 atom stereocenters. The van der Waals surface area contributed by atoms with Crippen molar-refractivity contribution in [1.29, 1.82) is 0 Å². The third-order valence-electron chi connectivity index (χ3n) is 5.39. The summed E-state index contributed by atoms with van der Waals surface area (Å²) in [6, 6.07) is 13.4. The number of methoxy groups -OCH3 is 1. The van der Waals surface area contributed by atoms with Crippen LogP contribution in [0.1, 0.15) is 43.0 Å². The van der Waals surface area contributed by atoms with Crippen LogP contribution in [0.25, 0.3) is 17.2 Å². The molecule has 1 unspecified atom stereocenters. The number of hydrogen-bond donors (Lipinski definition) is 0. The Kier molecular flexibility index (Phi) is 2.78. The minimum atomic E-state index is 0.0788. The van der Waals surface area contributed by atoms with Crippen molar-refractivity contribution >= 4 is 6.08 Å². The van der Waals surface area contributed by atoms with Crippen LogP contribution in [-0.2, 0) is 16.6 Å². The van der Waals surface area contributed by atoms with Crippen LogP contribution >= 0.6 is 0 Å². The second kappa shape index (κ2) is 4.49. The third kappa shape index (κ3) is 1.65. The fourth-order valence-electron chi connectivity index (χ4n) is 4.32. The summed E-state index contributed by atoms with van der Waals surface area (Å²) in [5.41, 5.74) is 8.70. The van der Waals surface area contributed by atoms with E-state index in [2.05, 4.69) is 63.2 Å². The monoisotopic (exact) mass is 290 g/mol. The lowest BCUT2D eigenvalue weighted by Crippen LogP contribution is -2.21. The van der Waals surface area contributed by atoms with E-state index in [0.717, 1.165) is 12.2 Å². The predicted molar refractivity (Wildman–Crippen MR) is 91.9 cm³/mol. The van der Waals surface area contributed by atoms with E-state index in [4.69, 9.17) is 4.74 Å². The van der Waals surface area contributed by atoms with Crippen LogP contribution in [-0.4, -0.2) is 7.11 Å². The Hall–Kier alpha value is -2.02. The normalized spacial score (nSPS) is 20.7. The van der Waals surface area contributed by atoms with Gasteiger partial charge in [0.1, 0.15) is 0 Å². The molecule has 0 amide bonds. The molecule has 0 heterocycles. The number of allylic oxidation sites excluding steroid dienone is 1. The zero-order chi connectivity index (χ0) is 15.5. The summed E-state index contributed by atoms with van der Waals surface area (Å²) in [7, 11) is 1.78. The number of rotatable bonds is 1. The van der Waals surface area contributed by atoms with Gasteiger partial charge in [-0.15, -0.1) is 0 Å². The molecule has 2 aliphatic rings. The van der Waals surface area contributed by atoms with Crippen molar-refractivity contribution in [3.8, 4) is 11.1 Å². The van der Waals surface area contributed by atoms with Gasteiger partial charge in [-0.1, -0.05) is 57.2 Å². The average molecular weight is 290 g/mol. The molecule has 0 bridgehead atoms. The molecule has 2 aromatic rings. The first-order valence-corrected chi connectivity index (χ1v) is 8.06. The van der Waals surface area contributed by atoms with E-state index < -0.39 is 0 Å². The molecule has 112 valence electrons. The van der Waals surface area contributed by atoms with Crippen LogP contribution in [0.5, 0.6) is 0 Å². The van der Waals surface area contributed by atoms with Gasteiger partial charge in [-0.05, 0) is 45.9 Å². The highest BCUT2D eigenvalue weighted by molar-refractivity contribution is 5.84. The third-order valence-corrected chi connectivity index (χ3v) is 5.39. The van der Waals surface area contributed by atoms with E-state index in [1.165, 1.54) is 33.4 Å². The minimum absolute atomic E-state index is 0.0788. The van der Waals surface area contributed by atoms with Crippen molar-refractivity contribution < 1.29 is 4.74 Å². The maximum atomic E-state index is 5.55. The van der Waals surface area contributed by atoms with Gasteiger partial charge in [0.2, 0.25) is 0 Å². The highest BCUT2D eigenvalue weighted by atomic mass is 16.5. The van der Waals surface area contributed by atoms with Crippen LogP contribution in [0.2, 0.25) is 0 Å². The van der Waals surface area contributed by atoms with Gasteiger partial charge < -0.3 is 4.74 Å². The molecule has 2 aromatic carbocycles. The van der Waals surface area contributed by atoms with Crippen LogP contribution in [0, 0.1) is 5.92 Å². The number of fused-ring (bicyclic) bond motifs is 5. The fourth-order valence-corrected chi connectivity index (χ4v) is 4.32. The molecular formula is C21H22O. The van der Waals surface area contributed by atoms with Crippen LogP contribution in [0.3, 0.4) is 0 Å². The summed E-state index contributed by atoms with van der Waals surface area (Å²) < 4.78 is 5.55. The Morgan fingerprint density at radius 3 is 2.59 bits per heavy atom. The Labute approximate surface area is 132 Å². The quantitative estimate of drug-likeness (QED) is 0.704. The van der Waals surface area contributed by atoms with E-state index in [1.807, 2.05) is 0 Å². The molecule has 1 nitrogen and oxygen atoms in total. The Morgan fingerprint density at radius 2 is 1.82 bits per heavy atom. The lowest BCUT2D eigenvalue weighted by molar-refractivity contribution is 0.249. The summed E-state index contributed by atoms with van der Waals surface area (Å²) in [4.78, 5) is 0. The Balaban J connectivity index is 2.01. The van der Waals surface area contributed by atoms with Gasteiger partial charge in [0.05, 0.1) is 12.9 Å². The molecule has 2 aliphatic carbocycles. The smallest absolute Gasteiger partial charge is 0.0992 e. The van der Waals surface area contributed by atoms with Gasteiger partial charge in [0.25, 0.3) is 0 Å². The van der Waals surface area contributed by atoms with Gasteiger partial charge in [-0.2, -0.15) is 0 Å². The van der Waals surface area contributed by atoms with E-state index in [1.54, 1.807) is 7.11 Å². The number of benzene rings is 2. The minimum Gasteiger partial charge on any atom is -0.501 e. The van der Waals surface area contributed by atoms with Gasteiger partial charge in [-0.3, -0.25) is 0 Å². The average Bonchev–Trinajstić information content (AvgIpc) is 2.75. The SMILES string of the molecule is COC1=Cc2ccc3c(c2CC1C)C(C)(C)c1ccccc1-3. The standard InChI is InChI=1S/C21H22O/c1-13-11-17-14(12-19(13)22-4)9-10-16-15-7-5-6-8-18(15)21(2,3)20(16)17/h5-10,12-13H,11H2,1-4H3. The lowest BCUT2D eigenvalue weighted by atomic mass is 9.75. The maximum Gasteiger partial charge on any atom is 0.0992 e.